The van der Waals surface area contributed by atoms with Crippen LogP contribution >= 0.6 is 0 Å². The van der Waals surface area contributed by atoms with Crippen LogP contribution in [0.4, 0.5) is 0 Å². The van der Waals surface area contributed by atoms with Crippen LogP contribution in [0, 0.1) is 0 Å². The fourth-order valence-electron chi connectivity index (χ4n) is 3.76. The molecule has 0 aliphatic carbocycles. The first kappa shape index (κ1) is 17.7. The van der Waals surface area contributed by atoms with Crippen LogP contribution in [0.15, 0.2) is 60.7 Å². The van der Waals surface area contributed by atoms with Crippen LogP contribution in [0.1, 0.15) is 38.1 Å². The highest BCUT2D eigenvalue weighted by molar-refractivity contribution is 5.87. The van der Waals surface area contributed by atoms with E-state index in [0.717, 1.165) is 51.3 Å². The molecule has 5 aromatic rings. The van der Waals surface area contributed by atoms with Crippen molar-refractivity contribution in [1.29, 1.82) is 0 Å². The predicted octanol–water partition coefficient (Wildman–Crippen LogP) is 6.46. The molecule has 0 aliphatic rings. The van der Waals surface area contributed by atoms with Gasteiger partial charge in [-0.1, -0.05) is 57.2 Å². The normalized spacial score (nSPS) is 11.7. The summed E-state index contributed by atoms with van der Waals surface area (Å²) >= 11 is 0. The zero-order valence-electron chi connectivity index (χ0n) is 17.0. The van der Waals surface area contributed by atoms with E-state index >= 15 is 0 Å². The molecule has 5 rings (SSSR count). The van der Waals surface area contributed by atoms with Crippen LogP contribution < -0.4 is 0 Å². The topological polar surface area (TPSA) is 57.4 Å². The molecule has 0 atom stereocenters. The lowest BCUT2D eigenvalue weighted by molar-refractivity contribution is 0.867. The van der Waals surface area contributed by atoms with Gasteiger partial charge in [0.15, 0.2) is 0 Å². The SMILES string of the molecule is CCc1nc2ccc(-c3ccc4nc(-c5ccc(C(C)C)cc5)[nH]c4c3)cc2[nH]1. The largest absolute Gasteiger partial charge is 0.342 e. The van der Waals surface area contributed by atoms with Crippen molar-refractivity contribution in [3.8, 4) is 22.5 Å². The number of fused-ring (bicyclic) bond motifs is 2. The highest BCUT2D eigenvalue weighted by atomic mass is 14.9. The molecule has 2 aromatic heterocycles. The molecule has 0 bridgehead atoms. The summed E-state index contributed by atoms with van der Waals surface area (Å²) in [5, 5.41) is 0. The average molecular weight is 380 g/mol. The molecule has 4 nitrogen and oxygen atoms in total. The number of aromatic nitrogens is 4. The summed E-state index contributed by atoms with van der Waals surface area (Å²) in [5.74, 6) is 2.46. The van der Waals surface area contributed by atoms with Gasteiger partial charge in [0.25, 0.3) is 0 Å². The third kappa shape index (κ3) is 3.21. The number of benzene rings is 3. The van der Waals surface area contributed by atoms with Crippen LogP contribution in [0.25, 0.3) is 44.6 Å². The molecule has 2 heterocycles. The van der Waals surface area contributed by atoms with E-state index in [1.807, 2.05) is 0 Å². The molecule has 29 heavy (non-hydrogen) atoms. The smallest absolute Gasteiger partial charge is 0.138 e. The van der Waals surface area contributed by atoms with Gasteiger partial charge in [-0.3, -0.25) is 0 Å². The Labute approximate surface area is 170 Å². The van der Waals surface area contributed by atoms with Gasteiger partial charge in [0.2, 0.25) is 0 Å². The summed E-state index contributed by atoms with van der Waals surface area (Å²) in [6.45, 7) is 6.53. The fourth-order valence-corrected chi connectivity index (χ4v) is 3.76. The third-order valence-electron chi connectivity index (χ3n) is 5.53. The number of imidazole rings is 2. The van der Waals surface area contributed by atoms with Crippen LogP contribution in [0.2, 0.25) is 0 Å². The summed E-state index contributed by atoms with van der Waals surface area (Å²) in [7, 11) is 0. The van der Waals surface area contributed by atoms with Crippen molar-refractivity contribution in [2.24, 2.45) is 0 Å². The lowest BCUT2D eigenvalue weighted by atomic mass is 10.0. The van der Waals surface area contributed by atoms with Crippen molar-refractivity contribution in [2.75, 3.05) is 0 Å². The monoisotopic (exact) mass is 380 g/mol. The summed E-state index contributed by atoms with van der Waals surface area (Å²) in [4.78, 5) is 16.3. The molecule has 2 N–H and O–H groups in total. The van der Waals surface area contributed by atoms with E-state index in [9.17, 15) is 0 Å². The third-order valence-corrected chi connectivity index (χ3v) is 5.53. The summed E-state index contributed by atoms with van der Waals surface area (Å²) in [5.41, 5.74) is 8.90. The molecule has 0 fully saturated rings. The number of hydrogen-bond acceptors (Lipinski definition) is 2. The van der Waals surface area contributed by atoms with Crippen molar-refractivity contribution in [3.63, 3.8) is 0 Å². The molecular weight excluding hydrogens is 356 g/mol. The van der Waals surface area contributed by atoms with Crippen molar-refractivity contribution < 1.29 is 0 Å². The number of rotatable bonds is 4. The van der Waals surface area contributed by atoms with E-state index in [-0.39, 0.29) is 0 Å². The van der Waals surface area contributed by atoms with Gasteiger partial charge < -0.3 is 9.97 Å². The number of nitrogens with zero attached hydrogens (tertiary/aromatic N) is 2. The van der Waals surface area contributed by atoms with E-state index in [1.165, 1.54) is 11.1 Å². The first-order valence-electron chi connectivity index (χ1n) is 10.2. The minimum Gasteiger partial charge on any atom is -0.342 e. The van der Waals surface area contributed by atoms with Crippen LogP contribution in [-0.2, 0) is 6.42 Å². The Morgan fingerprint density at radius 3 is 1.93 bits per heavy atom. The molecule has 0 amide bonds. The van der Waals surface area contributed by atoms with E-state index in [1.54, 1.807) is 0 Å². The lowest BCUT2D eigenvalue weighted by Gasteiger charge is -2.05. The average Bonchev–Trinajstić information content (AvgIpc) is 3.36. The van der Waals surface area contributed by atoms with E-state index in [4.69, 9.17) is 4.98 Å². The zero-order chi connectivity index (χ0) is 20.0. The molecule has 4 heteroatoms. The van der Waals surface area contributed by atoms with Crippen molar-refractivity contribution in [1.82, 2.24) is 19.9 Å². The molecule has 0 aliphatic heterocycles. The second kappa shape index (κ2) is 6.89. The number of hydrogen-bond donors (Lipinski definition) is 2. The molecule has 0 saturated heterocycles. The first-order valence-corrected chi connectivity index (χ1v) is 10.2. The molecule has 0 radical (unpaired) electrons. The maximum absolute atomic E-state index is 4.78. The van der Waals surface area contributed by atoms with Crippen molar-refractivity contribution >= 4 is 22.1 Å². The summed E-state index contributed by atoms with van der Waals surface area (Å²) in [6.07, 6.45) is 0.908. The Kier molecular flexibility index (Phi) is 4.20. The second-order valence-electron chi connectivity index (χ2n) is 7.86. The zero-order valence-corrected chi connectivity index (χ0v) is 17.0. The fraction of sp³-hybridized carbons (Fsp3) is 0.200. The summed E-state index contributed by atoms with van der Waals surface area (Å²) in [6, 6.07) is 21.4. The second-order valence-corrected chi connectivity index (χ2v) is 7.86. The van der Waals surface area contributed by atoms with Gasteiger partial charge in [-0.15, -0.1) is 0 Å². The standard InChI is InChI=1S/C25H24N4/c1-4-24-26-20-11-9-18(13-22(20)27-24)19-10-12-21-23(14-19)29-25(28-21)17-7-5-16(6-8-17)15(2)3/h5-15H,4H2,1-3H3,(H,26,27)(H,28,29). The van der Waals surface area contributed by atoms with Gasteiger partial charge >= 0.3 is 0 Å². The first-order chi connectivity index (χ1) is 14.1. The molecule has 0 spiro atoms. The maximum Gasteiger partial charge on any atom is 0.138 e. The van der Waals surface area contributed by atoms with Crippen molar-refractivity contribution in [3.05, 3.63) is 72.1 Å². The predicted molar refractivity (Wildman–Crippen MR) is 120 cm³/mol. The molecule has 3 aromatic carbocycles. The number of aryl methyl sites for hydroxylation is 1. The minimum absolute atomic E-state index is 0.530. The Bertz CT molecular complexity index is 1310. The summed E-state index contributed by atoms with van der Waals surface area (Å²) < 4.78 is 0. The van der Waals surface area contributed by atoms with Gasteiger partial charge in [-0.25, -0.2) is 9.97 Å². The highest BCUT2D eigenvalue weighted by Gasteiger charge is 2.09. The van der Waals surface area contributed by atoms with Crippen LogP contribution in [0.3, 0.4) is 0 Å². The van der Waals surface area contributed by atoms with Gasteiger partial charge in [0, 0.05) is 12.0 Å². The Balaban J connectivity index is 1.52. The number of nitrogens with one attached hydrogen (secondary N) is 2. The van der Waals surface area contributed by atoms with Gasteiger partial charge in [-0.05, 0) is 46.9 Å². The van der Waals surface area contributed by atoms with Gasteiger partial charge in [-0.2, -0.15) is 0 Å². The molecule has 0 unspecified atom stereocenters. The van der Waals surface area contributed by atoms with Gasteiger partial charge in [0.05, 0.1) is 22.1 Å². The Morgan fingerprint density at radius 1 is 0.724 bits per heavy atom. The van der Waals surface area contributed by atoms with Gasteiger partial charge in [0.1, 0.15) is 11.6 Å². The Hall–Kier alpha value is -3.40. The van der Waals surface area contributed by atoms with Crippen LogP contribution in [0.5, 0.6) is 0 Å². The van der Waals surface area contributed by atoms with E-state index in [0.29, 0.717) is 5.92 Å². The van der Waals surface area contributed by atoms with E-state index in [2.05, 4.69) is 96.4 Å². The van der Waals surface area contributed by atoms with Crippen molar-refractivity contribution in [2.45, 2.75) is 33.1 Å². The quantitative estimate of drug-likeness (QED) is 0.376. The lowest BCUT2D eigenvalue weighted by Crippen LogP contribution is -1.87. The number of H-pyrrole nitrogens is 2. The van der Waals surface area contributed by atoms with Crippen LogP contribution in [-0.4, -0.2) is 19.9 Å². The highest BCUT2D eigenvalue weighted by Crippen LogP contribution is 2.28. The Morgan fingerprint density at radius 2 is 1.31 bits per heavy atom. The molecule has 144 valence electrons. The maximum atomic E-state index is 4.78. The molecular formula is C25H24N4. The van der Waals surface area contributed by atoms with E-state index < -0.39 is 0 Å². The minimum atomic E-state index is 0.530. The number of aromatic amines is 2. The molecule has 0 saturated carbocycles.